The smallest absolute Gasteiger partial charge is 0.311 e. The topological polar surface area (TPSA) is 59.2 Å². The zero-order valence-corrected chi connectivity index (χ0v) is 14.7. The fourth-order valence-corrected chi connectivity index (χ4v) is 2.84. The molecule has 0 unspecified atom stereocenters. The van der Waals surface area contributed by atoms with Gasteiger partial charge in [-0.15, -0.1) is 0 Å². The van der Waals surface area contributed by atoms with E-state index < -0.39 is 12.1 Å². The summed E-state index contributed by atoms with van der Waals surface area (Å²) in [6.45, 7) is 1.59. The van der Waals surface area contributed by atoms with Gasteiger partial charge in [0.15, 0.2) is 6.10 Å². The Kier molecular flexibility index (Phi) is 4.81. The molecule has 24 heavy (non-hydrogen) atoms. The van der Waals surface area contributed by atoms with Gasteiger partial charge in [-0.3, -0.25) is 9.59 Å². The Bertz CT molecular complexity index is 883. The molecular formula is C19H16BrNO3. The summed E-state index contributed by atoms with van der Waals surface area (Å²) in [7, 11) is 0. The Morgan fingerprint density at radius 3 is 2.58 bits per heavy atom. The molecule has 122 valence electrons. The number of H-pyrrole nitrogens is 1. The van der Waals surface area contributed by atoms with Crippen LogP contribution >= 0.6 is 15.9 Å². The van der Waals surface area contributed by atoms with E-state index in [0.29, 0.717) is 5.56 Å². The van der Waals surface area contributed by atoms with Crippen molar-refractivity contribution in [1.29, 1.82) is 0 Å². The average molecular weight is 386 g/mol. The van der Waals surface area contributed by atoms with Crippen molar-refractivity contribution in [2.45, 2.75) is 19.4 Å². The minimum absolute atomic E-state index is 0.127. The molecule has 1 atom stereocenters. The summed E-state index contributed by atoms with van der Waals surface area (Å²) in [5.74, 6) is -0.632. The van der Waals surface area contributed by atoms with E-state index in [1.165, 1.54) is 0 Å². The average Bonchev–Trinajstić information content (AvgIpc) is 2.98. The van der Waals surface area contributed by atoms with Gasteiger partial charge in [0.1, 0.15) is 0 Å². The summed E-state index contributed by atoms with van der Waals surface area (Å²) in [5, 5.41) is 0.987. The SMILES string of the molecule is C[C@@H](OC(=O)Cc1c[nH]c2ccccc12)C(=O)c1ccc(Br)cc1. The second kappa shape index (κ2) is 7.01. The zero-order valence-electron chi connectivity index (χ0n) is 13.1. The number of Topliss-reactive ketones (excluding diaryl/α,β-unsaturated/α-hetero) is 1. The number of hydrogen-bond donors (Lipinski definition) is 1. The first-order valence-corrected chi connectivity index (χ1v) is 8.38. The number of fused-ring (bicyclic) bond motifs is 1. The second-order valence-corrected chi connectivity index (χ2v) is 6.46. The Morgan fingerprint density at radius 1 is 1.12 bits per heavy atom. The summed E-state index contributed by atoms with van der Waals surface area (Å²) < 4.78 is 6.20. The van der Waals surface area contributed by atoms with Crippen molar-refractivity contribution in [2.75, 3.05) is 0 Å². The first-order valence-electron chi connectivity index (χ1n) is 7.59. The largest absolute Gasteiger partial charge is 0.454 e. The summed E-state index contributed by atoms with van der Waals surface area (Å²) in [5.41, 5.74) is 2.35. The molecule has 0 saturated carbocycles. The Balaban J connectivity index is 1.66. The lowest BCUT2D eigenvalue weighted by Gasteiger charge is -2.12. The summed E-state index contributed by atoms with van der Waals surface area (Å²) in [6.07, 6.45) is 1.11. The summed E-state index contributed by atoms with van der Waals surface area (Å²) in [6, 6.07) is 14.7. The molecule has 0 aliphatic carbocycles. The molecule has 5 heteroatoms. The summed E-state index contributed by atoms with van der Waals surface area (Å²) >= 11 is 3.33. The summed E-state index contributed by atoms with van der Waals surface area (Å²) in [4.78, 5) is 27.6. The molecule has 0 aliphatic rings. The highest BCUT2D eigenvalue weighted by molar-refractivity contribution is 9.10. The van der Waals surface area contributed by atoms with Crippen LogP contribution in [0, 0.1) is 0 Å². The number of aromatic amines is 1. The van der Waals surface area contributed by atoms with Gasteiger partial charge in [-0.1, -0.05) is 46.3 Å². The third-order valence-electron chi connectivity index (χ3n) is 3.82. The zero-order chi connectivity index (χ0) is 17.1. The lowest BCUT2D eigenvalue weighted by atomic mass is 10.1. The number of benzene rings is 2. The number of ketones is 1. The van der Waals surface area contributed by atoms with Gasteiger partial charge in [0.05, 0.1) is 6.42 Å². The van der Waals surface area contributed by atoms with Gasteiger partial charge in [-0.25, -0.2) is 0 Å². The Hall–Kier alpha value is -2.40. The molecule has 0 saturated heterocycles. The number of nitrogens with one attached hydrogen (secondary N) is 1. The van der Waals surface area contributed by atoms with E-state index in [1.54, 1.807) is 37.4 Å². The number of carbonyl (C=O) groups is 2. The predicted octanol–water partition coefficient (Wildman–Crippen LogP) is 4.29. The van der Waals surface area contributed by atoms with Crippen LogP contribution in [0.2, 0.25) is 0 Å². The van der Waals surface area contributed by atoms with Crippen molar-refractivity contribution in [3.63, 3.8) is 0 Å². The molecule has 0 spiro atoms. The van der Waals surface area contributed by atoms with Gasteiger partial charge >= 0.3 is 5.97 Å². The van der Waals surface area contributed by atoms with Crippen molar-refractivity contribution in [3.8, 4) is 0 Å². The molecule has 0 aliphatic heterocycles. The first kappa shape index (κ1) is 16.5. The lowest BCUT2D eigenvalue weighted by molar-refractivity contribution is -0.145. The third-order valence-corrected chi connectivity index (χ3v) is 4.34. The van der Waals surface area contributed by atoms with Gasteiger partial charge in [0, 0.05) is 27.1 Å². The monoisotopic (exact) mass is 385 g/mol. The van der Waals surface area contributed by atoms with Crippen LogP contribution in [0.15, 0.2) is 59.2 Å². The number of hydrogen-bond acceptors (Lipinski definition) is 3. The van der Waals surface area contributed by atoms with Crippen molar-refractivity contribution in [1.82, 2.24) is 4.98 Å². The molecule has 3 aromatic rings. The molecule has 0 bridgehead atoms. The van der Waals surface area contributed by atoms with Crippen LogP contribution in [0.3, 0.4) is 0 Å². The van der Waals surface area contributed by atoms with Crippen LogP contribution in [0.1, 0.15) is 22.8 Å². The molecule has 0 radical (unpaired) electrons. The van der Waals surface area contributed by atoms with Gasteiger partial charge in [-0.2, -0.15) is 0 Å². The van der Waals surface area contributed by atoms with Crippen LogP contribution < -0.4 is 0 Å². The number of esters is 1. The Morgan fingerprint density at radius 2 is 1.83 bits per heavy atom. The van der Waals surface area contributed by atoms with Crippen LogP contribution in [-0.2, 0) is 16.0 Å². The van der Waals surface area contributed by atoms with Crippen LogP contribution in [0.4, 0.5) is 0 Å². The highest BCUT2D eigenvalue weighted by Gasteiger charge is 2.20. The molecule has 0 fully saturated rings. The number of rotatable bonds is 5. The molecule has 1 aromatic heterocycles. The standard InChI is InChI=1S/C19H16BrNO3/c1-12(19(23)13-6-8-15(20)9-7-13)24-18(22)10-14-11-21-17-5-3-2-4-16(14)17/h2-9,11-12,21H,10H2,1H3/t12-/m1/s1. The normalized spacial score (nSPS) is 12.1. The van der Waals surface area contributed by atoms with E-state index in [2.05, 4.69) is 20.9 Å². The fourth-order valence-electron chi connectivity index (χ4n) is 2.57. The maximum absolute atomic E-state index is 12.3. The lowest BCUT2D eigenvalue weighted by Crippen LogP contribution is -2.25. The van der Waals surface area contributed by atoms with Crippen molar-refractivity contribution in [2.24, 2.45) is 0 Å². The van der Waals surface area contributed by atoms with Gasteiger partial charge in [0.25, 0.3) is 0 Å². The van der Waals surface area contributed by atoms with E-state index >= 15 is 0 Å². The Labute approximate surface area is 148 Å². The molecule has 1 heterocycles. The van der Waals surface area contributed by atoms with Crippen LogP contribution in [-0.4, -0.2) is 22.8 Å². The number of aromatic nitrogens is 1. The van der Waals surface area contributed by atoms with Crippen molar-refractivity contribution >= 4 is 38.6 Å². The second-order valence-electron chi connectivity index (χ2n) is 5.54. The van der Waals surface area contributed by atoms with Crippen LogP contribution in [0.25, 0.3) is 10.9 Å². The number of para-hydroxylation sites is 1. The van der Waals surface area contributed by atoms with Gasteiger partial charge in [0.2, 0.25) is 5.78 Å². The van der Waals surface area contributed by atoms with E-state index in [-0.39, 0.29) is 12.2 Å². The maximum atomic E-state index is 12.3. The van der Waals surface area contributed by atoms with Crippen molar-refractivity contribution in [3.05, 3.63) is 70.3 Å². The van der Waals surface area contributed by atoms with Crippen LogP contribution in [0.5, 0.6) is 0 Å². The van der Waals surface area contributed by atoms with E-state index in [9.17, 15) is 9.59 Å². The highest BCUT2D eigenvalue weighted by atomic mass is 79.9. The third kappa shape index (κ3) is 3.57. The number of halogens is 1. The molecule has 2 aromatic carbocycles. The molecular weight excluding hydrogens is 370 g/mol. The molecule has 3 rings (SSSR count). The minimum Gasteiger partial charge on any atom is -0.454 e. The predicted molar refractivity (Wildman–Crippen MR) is 96.0 cm³/mol. The van der Waals surface area contributed by atoms with E-state index in [0.717, 1.165) is 20.9 Å². The van der Waals surface area contributed by atoms with E-state index in [1.807, 2.05) is 24.3 Å². The minimum atomic E-state index is -0.816. The molecule has 4 nitrogen and oxygen atoms in total. The van der Waals surface area contributed by atoms with Gasteiger partial charge < -0.3 is 9.72 Å². The highest BCUT2D eigenvalue weighted by Crippen LogP contribution is 2.19. The molecule has 1 N–H and O–H groups in total. The van der Waals surface area contributed by atoms with Gasteiger partial charge in [-0.05, 0) is 30.7 Å². The number of ether oxygens (including phenoxy) is 1. The first-order chi connectivity index (χ1) is 11.5. The van der Waals surface area contributed by atoms with E-state index in [4.69, 9.17) is 4.74 Å². The fraction of sp³-hybridized carbons (Fsp3) is 0.158. The van der Waals surface area contributed by atoms with Crippen molar-refractivity contribution < 1.29 is 14.3 Å². The quantitative estimate of drug-likeness (QED) is 0.526. The maximum Gasteiger partial charge on any atom is 0.311 e. The number of carbonyl (C=O) groups excluding carboxylic acids is 2. The molecule has 0 amide bonds.